The summed E-state index contributed by atoms with van der Waals surface area (Å²) < 4.78 is 5.16. The Hall–Kier alpha value is -0.670. The maximum Gasteiger partial charge on any atom is 0.191 e. The molecule has 126 valence electrons. The van der Waals surface area contributed by atoms with Crippen molar-refractivity contribution < 1.29 is 9.84 Å². The molecule has 5 nitrogen and oxygen atoms in total. The van der Waals surface area contributed by atoms with Crippen molar-refractivity contribution in [1.29, 1.82) is 0 Å². The van der Waals surface area contributed by atoms with Gasteiger partial charge < -0.3 is 20.5 Å². The molecule has 0 spiro atoms. The van der Waals surface area contributed by atoms with Crippen LogP contribution in [0.25, 0.3) is 0 Å². The van der Waals surface area contributed by atoms with Gasteiger partial charge in [-0.25, -0.2) is 0 Å². The van der Waals surface area contributed by atoms with Crippen molar-refractivity contribution in [3.05, 3.63) is 29.8 Å². The van der Waals surface area contributed by atoms with E-state index in [2.05, 4.69) is 21.9 Å². The Morgan fingerprint density at radius 1 is 1.41 bits per heavy atom. The third-order valence-corrected chi connectivity index (χ3v) is 3.46. The molecular formula is C15H26IN3O2S. The van der Waals surface area contributed by atoms with Crippen molar-refractivity contribution in [2.75, 3.05) is 38.8 Å². The van der Waals surface area contributed by atoms with Crippen molar-refractivity contribution in [1.82, 2.24) is 10.6 Å². The van der Waals surface area contributed by atoms with E-state index in [9.17, 15) is 5.11 Å². The van der Waals surface area contributed by atoms with Gasteiger partial charge in [0.25, 0.3) is 0 Å². The molecule has 0 bridgehead atoms. The second-order valence-corrected chi connectivity index (χ2v) is 5.42. The number of hydrogen-bond acceptors (Lipinski definition) is 4. The Kier molecular flexibility index (Phi) is 12.4. The average Bonchev–Trinajstić information content (AvgIpc) is 2.52. The molecule has 0 amide bonds. The van der Waals surface area contributed by atoms with E-state index in [-0.39, 0.29) is 24.0 Å². The van der Waals surface area contributed by atoms with Crippen molar-refractivity contribution in [2.45, 2.75) is 13.0 Å². The zero-order valence-corrected chi connectivity index (χ0v) is 16.5. The molecule has 0 radical (unpaired) electrons. The summed E-state index contributed by atoms with van der Waals surface area (Å²) in [7, 11) is 1.61. The van der Waals surface area contributed by atoms with Crippen LogP contribution in [0.4, 0.5) is 0 Å². The molecule has 0 aromatic heterocycles. The number of aliphatic hydroxyl groups is 1. The van der Waals surface area contributed by atoms with Gasteiger partial charge in [0.2, 0.25) is 0 Å². The maximum absolute atomic E-state index is 10.2. The highest BCUT2D eigenvalue weighted by atomic mass is 127. The smallest absolute Gasteiger partial charge is 0.191 e. The first-order valence-corrected chi connectivity index (χ1v) is 8.43. The van der Waals surface area contributed by atoms with Crippen LogP contribution in [-0.4, -0.2) is 49.8 Å². The summed E-state index contributed by atoms with van der Waals surface area (Å²) in [5.41, 5.74) is 0.804. The van der Waals surface area contributed by atoms with Crippen molar-refractivity contribution in [3.63, 3.8) is 0 Å². The molecule has 0 aliphatic carbocycles. The number of methoxy groups -OCH3 is 1. The molecule has 22 heavy (non-hydrogen) atoms. The lowest BCUT2D eigenvalue weighted by molar-refractivity contribution is 0.186. The third-order valence-electron chi connectivity index (χ3n) is 2.84. The first kappa shape index (κ1) is 21.3. The van der Waals surface area contributed by atoms with E-state index in [0.717, 1.165) is 36.1 Å². The van der Waals surface area contributed by atoms with Gasteiger partial charge in [-0.1, -0.05) is 12.1 Å². The number of guanidine groups is 1. The number of rotatable bonds is 8. The van der Waals surface area contributed by atoms with Gasteiger partial charge in [-0.3, -0.25) is 4.99 Å². The zero-order valence-electron chi connectivity index (χ0n) is 13.3. The van der Waals surface area contributed by atoms with E-state index in [1.54, 1.807) is 18.9 Å². The molecule has 0 fully saturated rings. The number of nitrogens with one attached hydrogen (secondary N) is 2. The molecule has 1 atom stereocenters. The van der Waals surface area contributed by atoms with Crippen LogP contribution < -0.4 is 15.4 Å². The molecule has 3 N–H and O–H groups in total. The number of aliphatic hydroxyl groups excluding tert-OH is 1. The number of nitrogens with zero attached hydrogens (tertiary/aromatic N) is 1. The van der Waals surface area contributed by atoms with Crippen LogP contribution in [-0.2, 0) is 0 Å². The van der Waals surface area contributed by atoms with Gasteiger partial charge >= 0.3 is 0 Å². The third kappa shape index (κ3) is 8.09. The SMILES string of the molecule is CCNC(=NCC(O)c1cccc(OC)c1)NCCSC.I. The number of hydrogen-bond donors (Lipinski definition) is 3. The van der Waals surface area contributed by atoms with Crippen molar-refractivity contribution in [3.8, 4) is 5.75 Å². The lowest BCUT2D eigenvalue weighted by atomic mass is 10.1. The van der Waals surface area contributed by atoms with Gasteiger partial charge in [0.15, 0.2) is 5.96 Å². The summed E-state index contributed by atoms with van der Waals surface area (Å²) in [6, 6.07) is 7.42. The van der Waals surface area contributed by atoms with E-state index in [0.29, 0.717) is 6.54 Å². The number of halogens is 1. The van der Waals surface area contributed by atoms with Crippen LogP contribution in [0.3, 0.4) is 0 Å². The summed E-state index contributed by atoms with van der Waals surface area (Å²) >= 11 is 1.78. The lowest BCUT2D eigenvalue weighted by Gasteiger charge is -2.13. The minimum Gasteiger partial charge on any atom is -0.497 e. The molecule has 1 aromatic rings. The average molecular weight is 439 g/mol. The van der Waals surface area contributed by atoms with E-state index in [1.165, 1.54) is 0 Å². The van der Waals surface area contributed by atoms with Gasteiger partial charge in [-0.05, 0) is 30.9 Å². The predicted molar refractivity (Wildman–Crippen MR) is 106 cm³/mol. The molecule has 0 aliphatic heterocycles. The fourth-order valence-electron chi connectivity index (χ4n) is 1.75. The summed E-state index contributed by atoms with van der Waals surface area (Å²) in [5.74, 6) is 2.48. The maximum atomic E-state index is 10.2. The van der Waals surface area contributed by atoms with Gasteiger partial charge in [-0.15, -0.1) is 24.0 Å². The Labute approximate surface area is 154 Å². The van der Waals surface area contributed by atoms with E-state index < -0.39 is 6.10 Å². The standard InChI is InChI=1S/C15H25N3O2S.HI/c1-4-16-15(17-8-9-21-3)18-11-14(19)12-6-5-7-13(10-12)20-2;/h5-7,10,14,19H,4,8-9,11H2,1-3H3,(H2,16,17,18);1H. The van der Waals surface area contributed by atoms with Crippen LogP contribution >= 0.6 is 35.7 Å². The molecular weight excluding hydrogens is 413 g/mol. The van der Waals surface area contributed by atoms with E-state index >= 15 is 0 Å². The summed E-state index contributed by atoms with van der Waals surface area (Å²) in [6.45, 7) is 3.97. The molecule has 0 heterocycles. The van der Waals surface area contributed by atoms with Gasteiger partial charge in [0.05, 0.1) is 19.8 Å². The van der Waals surface area contributed by atoms with E-state index in [4.69, 9.17) is 4.74 Å². The highest BCUT2D eigenvalue weighted by molar-refractivity contribution is 14.0. The molecule has 1 unspecified atom stereocenters. The molecule has 0 aliphatic rings. The molecule has 7 heteroatoms. The minimum atomic E-state index is -0.642. The normalized spacial score (nSPS) is 12.3. The molecule has 0 saturated heterocycles. The van der Waals surface area contributed by atoms with Crippen LogP contribution in [0.1, 0.15) is 18.6 Å². The Morgan fingerprint density at radius 3 is 2.82 bits per heavy atom. The summed E-state index contributed by atoms with van der Waals surface area (Å²) in [6.07, 6.45) is 1.43. The molecule has 0 saturated carbocycles. The topological polar surface area (TPSA) is 65.9 Å². The first-order chi connectivity index (χ1) is 10.2. The second-order valence-electron chi connectivity index (χ2n) is 4.43. The number of thioether (sulfide) groups is 1. The summed E-state index contributed by atoms with van der Waals surface area (Å²) in [4.78, 5) is 4.41. The quantitative estimate of drug-likeness (QED) is 0.251. The monoisotopic (exact) mass is 439 g/mol. The molecule has 1 aromatic carbocycles. The zero-order chi connectivity index (χ0) is 15.5. The van der Waals surface area contributed by atoms with Gasteiger partial charge in [-0.2, -0.15) is 11.8 Å². The highest BCUT2D eigenvalue weighted by Gasteiger charge is 2.08. The minimum absolute atomic E-state index is 0. The van der Waals surface area contributed by atoms with Crippen LogP contribution in [0, 0.1) is 0 Å². The van der Waals surface area contributed by atoms with E-state index in [1.807, 2.05) is 31.2 Å². The van der Waals surface area contributed by atoms with Crippen LogP contribution in [0.2, 0.25) is 0 Å². The fourth-order valence-corrected chi connectivity index (χ4v) is 2.05. The van der Waals surface area contributed by atoms with Gasteiger partial charge in [0, 0.05) is 18.8 Å². The number of aliphatic imine (C=N–C) groups is 1. The Morgan fingerprint density at radius 2 is 2.18 bits per heavy atom. The van der Waals surface area contributed by atoms with Crippen molar-refractivity contribution in [2.24, 2.45) is 4.99 Å². The Balaban J connectivity index is 0.00000441. The largest absolute Gasteiger partial charge is 0.497 e. The number of benzene rings is 1. The van der Waals surface area contributed by atoms with Crippen LogP contribution in [0.15, 0.2) is 29.3 Å². The molecule has 1 rings (SSSR count). The summed E-state index contributed by atoms with van der Waals surface area (Å²) in [5, 5.41) is 16.6. The predicted octanol–water partition coefficient (Wildman–Crippen LogP) is 2.26. The lowest BCUT2D eigenvalue weighted by Crippen LogP contribution is -2.38. The van der Waals surface area contributed by atoms with Gasteiger partial charge in [0.1, 0.15) is 5.75 Å². The number of ether oxygens (including phenoxy) is 1. The first-order valence-electron chi connectivity index (χ1n) is 7.04. The highest BCUT2D eigenvalue weighted by Crippen LogP contribution is 2.19. The van der Waals surface area contributed by atoms with Crippen molar-refractivity contribution >= 4 is 41.7 Å². The second kappa shape index (κ2) is 12.8. The van der Waals surface area contributed by atoms with Crippen LogP contribution in [0.5, 0.6) is 5.75 Å². The Bertz CT molecular complexity index is 447. The fraction of sp³-hybridized carbons (Fsp3) is 0.533.